The monoisotopic (exact) mass is 261 g/mol. The number of hydrogen-bond acceptors (Lipinski definition) is 6. The van der Waals surface area contributed by atoms with Crippen LogP contribution in [0.2, 0.25) is 0 Å². The maximum atomic E-state index is 4.47. The van der Waals surface area contributed by atoms with Crippen molar-refractivity contribution < 1.29 is 0 Å². The van der Waals surface area contributed by atoms with E-state index in [2.05, 4.69) is 25.3 Å². The van der Waals surface area contributed by atoms with E-state index in [0.29, 0.717) is 0 Å². The number of aromatic nitrogens is 4. The molecule has 2 aromatic heterocycles. The lowest BCUT2D eigenvalue weighted by molar-refractivity contribution is 0.885. The van der Waals surface area contributed by atoms with Crippen LogP contribution >= 0.6 is 11.8 Å². The van der Waals surface area contributed by atoms with Crippen molar-refractivity contribution in [3.63, 3.8) is 0 Å². The molecule has 0 atom stereocenters. The van der Waals surface area contributed by atoms with E-state index >= 15 is 0 Å². The number of anilines is 1. The Morgan fingerprint density at radius 1 is 1.17 bits per heavy atom. The Morgan fingerprint density at radius 2 is 2.06 bits per heavy atom. The number of aryl methyl sites for hydroxylation is 1. The maximum absolute atomic E-state index is 4.47. The highest BCUT2D eigenvalue weighted by Gasteiger charge is 2.05. The van der Waals surface area contributed by atoms with Crippen LogP contribution in [-0.2, 0) is 6.42 Å². The third kappa shape index (κ3) is 3.40. The van der Waals surface area contributed by atoms with Gasteiger partial charge >= 0.3 is 0 Å². The minimum Gasteiger partial charge on any atom is -0.370 e. The Morgan fingerprint density at radius 3 is 2.72 bits per heavy atom. The van der Waals surface area contributed by atoms with Crippen molar-refractivity contribution >= 4 is 17.6 Å². The molecule has 0 spiro atoms. The summed E-state index contributed by atoms with van der Waals surface area (Å²) in [7, 11) is 0. The van der Waals surface area contributed by atoms with Crippen molar-refractivity contribution in [1.82, 2.24) is 19.9 Å². The zero-order chi connectivity index (χ0) is 12.8. The van der Waals surface area contributed by atoms with Gasteiger partial charge in [-0.2, -0.15) is 0 Å². The summed E-state index contributed by atoms with van der Waals surface area (Å²) in [4.78, 5) is 17.1. The summed E-state index contributed by atoms with van der Waals surface area (Å²) < 4.78 is 0. The molecule has 0 aliphatic heterocycles. The first-order chi connectivity index (χ1) is 8.81. The van der Waals surface area contributed by atoms with E-state index in [1.54, 1.807) is 18.6 Å². The fourth-order valence-electron chi connectivity index (χ4n) is 1.40. The molecule has 0 amide bonds. The molecule has 18 heavy (non-hydrogen) atoms. The van der Waals surface area contributed by atoms with Gasteiger partial charge in [-0.1, -0.05) is 6.92 Å². The number of hydrogen-bond donors (Lipinski definition) is 1. The zero-order valence-corrected chi connectivity index (χ0v) is 11.2. The molecule has 2 aromatic rings. The Labute approximate surface area is 110 Å². The van der Waals surface area contributed by atoms with Gasteiger partial charge in [0.1, 0.15) is 21.7 Å². The van der Waals surface area contributed by atoms with Gasteiger partial charge in [0.25, 0.3) is 0 Å². The van der Waals surface area contributed by atoms with Crippen molar-refractivity contribution in [2.45, 2.75) is 30.3 Å². The molecule has 0 aliphatic carbocycles. The number of nitrogens with one attached hydrogen (secondary N) is 1. The summed E-state index contributed by atoms with van der Waals surface area (Å²) in [6.07, 6.45) is 5.87. The average Bonchev–Trinajstić information content (AvgIpc) is 2.40. The fourth-order valence-corrected chi connectivity index (χ4v) is 2.16. The van der Waals surface area contributed by atoms with E-state index in [1.807, 2.05) is 19.9 Å². The molecule has 0 aromatic carbocycles. The van der Waals surface area contributed by atoms with Crippen LogP contribution in [0.5, 0.6) is 0 Å². The van der Waals surface area contributed by atoms with Crippen LogP contribution in [-0.4, -0.2) is 26.5 Å². The first-order valence-corrected chi connectivity index (χ1v) is 6.69. The molecular formula is C12H15N5S. The molecule has 0 aliphatic rings. The summed E-state index contributed by atoms with van der Waals surface area (Å²) in [5, 5.41) is 4.93. The van der Waals surface area contributed by atoms with Crippen molar-refractivity contribution in [3.05, 3.63) is 30.5 Å². The second kappa shape index (κ2) is 6.30. The molecule has 6 heteroatoms. The normalized spacial score (nSPS) is 10.3. The van der Waals surface area contributed by atoms with Crippen LogP contribution in [0.4, 0.5) is 5.82 Å². The van der Waals surface area contributed by atoms with Gasteiger partial charge in [0.05, 0.1) is 6.20 Å². The Bertz CT molecular complexity index is 503. The van der Waals surface area contributed by atoms with Gasteiger partial charge in [0.15, 0.2) is 0 Å². The van der Waals surface area contributed by atoms with E-state index in [0.717, 1.165) is 34.7 Å². The molecule has 0 saturated carbocycles. The summed E-state index contributed by atoms with van der Waals surface area (Å²) in [5.74, 6) is 1.69. The highest BCUT2D eigenvalue weighted by atomic mass is 32.2. The van der Waals surface area contributed by atoms with E-state index < -0.39 is 0 Å². The van der Waals surface area contributed by atoms with Crippen LogP contribution in [0.1, 0.15) is 19.7 Å². The fraction of sp³-hybridized carbons (Fsp3) is 0.333. The van der Waals surface area contributed by atoms with Gasteiger partial charge in [-0.05, 0) is 18.7 Å². The molecule has 0 unspecified atom stereocenters. The first-order valence-electron chi connectivity index (χ1n) is 5.87. The molecule has 94 valence electrons. The van der Waals surface area contributed by atoms with Crippen LogP contribution in [0, 0.1) is 0 Å². The smallest absolute Gasteiger partial charge is 0.131 e. The Balaban J connectivity index is 2.24. The Hall–Kier alpha value is -1.69. The lowest BCUT2D eigenvalue weighted by Crippen LogP contribution is -2.03. The molecule has 5 nitrogen and oxygen atoms in total. The van der Waals surface area contributed by atoms with Crippen molar-refractivity contribution in [3.8, 4) is 0 Å². The predicted molar refractivity (Wildman–Crippen MR) is 71.7 cm³/mol. The van der Waals surface area contributed by atoms with Gasteiger partial charge < -0.3 is 5.32 Å². The van der Waals surface area contributed by atoms with E-state index in [-0.39, 0.29) is 0 Å². The number of nitrogens with zero attached hydrogens (tertiary/aromatic N) is 4. The van der Waals surface area contributed by atoms with Gasteiger partial charge in [-0.3, -0.25) is 4.98 Å². The summed E-state index contributed by atoms with van der Waals surface area (Å²) in [5.41, 5.74) is 0. The third-order valence-electron chi connectivity index (χ3n) is 2.17. The van der Waals surface area contributed by atoms with E-state index in [1.165, 1.54) is 11.8 Å². The lowest BCUT2D eigenvalue weighted by atomic mass is 10.4. The van der Waals surface area contributed by atoms with Crippen LogP contribution in [0.3, 0.4) is 0 Å². The third-order valence-corrected chi connectivity index (χ3v) is 3.01. The highest BCUT2D eigenvalue weighted by Crippen LogP contribution is 2.25. The largest absolute Gasteiger partial charge is 0.370 e. The van der Waals surface area contributed by atoms with Crippen molar-refractivity contribution in [2.75, 3.05) is 11.9 Å². The first kappa shape index (κ1) is 12.8. The summed E-state index contributed by atoms with van der Waals surface area (Å²) in [6.45, 7) is 4.93. The highest BCUT2D eigenvalue weighted by molar-refractivity contribution is 7.99. The number of rotatable bonds is 5. The predicted octanol–water partition coefficient (Wildman–Crippen LogP) is 2.41. The van der Waals surface area contributed by atoms with Crippen molar-refractivity contribution in [2.24, 2.45) is 0 Å². The van der Waals surface area contributed by atoms with Crippen molar-refractivity contribution in [1.29, 1.82) is 0 Å². The summed E-state index contributed by atoms with van der Waals surface area (Å²) >= 11 is 1.49. The molecule has 2 rings (SSSR count). The molecule has 0 bridgehead atoms. The van der Waals surface area contributed by atoms with Gasteiger partial charge in [-0.25, -0.2) is 15.0 Å². The molecule has 0 fully saturated rings. The van der Waals surface area contributed by atoms with Gasteiger partial charge in [0, 0.05) is 31.4 Å². The molecule has 2 heterocycles. The second-order valence-corrected chi connectivity index (χ2v) is 4.58. The van der Waals surface area contributed by atoms with E-state index in [9.17, 15) is 0 Å². The molecule has 0 saturated heterocycles. The Kier molecular flexibility index (Phi) is 4.46. The second-order valence-electron chi connectivity index (χ2n) is 3.54. The van der Waals surface area contributed by atoms with Gasteiger partial charge in [-0.15, -0.1) is 0 Å². The minimum atomic E-state index is 0.813. The van der Waals surface area contributed by atoms with Crippen LogP contribution in [0.25, 0.3) is 0 Å². The van der Waals surface area contributed by atoms with Gasteiger partial charge in [0.2, 0.25) is 0 Å². The summed E-state index contributed by atoms with van der Waals surface area (Å²) in [6, 6.07) is 1.93. The van der Waals surface area contributed by atoms with Crippen LogP contribution < -0.4 is 5.32 Å². The van der Waals surface area contributed by atoms with Crippen LogP contribution in [0.15, 0.2) is 34.7 Å². The SMILES string of the molecule is CCNc1cc(Sc2cnccn2)nc(CC)n1. The van der Waals surface area contributed by atoms with E-state index in [4.69, 9.17) is 0 Å². The average molecular weight is 261 g/mol. The molecule has 0 radical (unpaired) electrons. The zero-order valence-electron chi connectivity index (χ0n) is 10.4. The topological polar surface area (TPSA) is 63.6 Å². The minimum absolute atomic E-state index is 0.813. The lowest BCUT2D eigenvalue weighted by Gasteiger charge is -2.07. The maximum Gasteiger partial charge on any atom is 0.131 e. The quantitative estimate of drug-likeness (QED) is 0.834. The molecule has 1 N–H and O–H groups in total. The molecular weight excluding hydrogens is 246 g/mol. The standard InChI is InChI=1S/C12H15N5S/c1-3-9-16-10(14-4-2)7-11(17-9)18-12-8-13-5-6-15-12/h5-8H,3-4H2,1-2H3,(H,14,16,17).